The van der Waals surface area contributed by atoms with Crippen LogP contribution in [-0.2, 0) is 17.8 Å². The third-order valence-electron chi connectivity index (χ3n) is 5.41. The number of benzene rings is 3. The number of carbonyl (C=O) groups is 1. The lowest BCUT2D eigenvalue weighted by Crippen LogP contribution is -2.01. The zero-order chi connectivity index (χ0) is 23.9. The van der Waals surface area contributed by atoms with Crippen LogP contribution in [0.25, 0.3) is 23.1 Å². The first kappa shape index (κ1) is 23.3. The van der Waals surface area contributed by atoms with Crippen molar-refractivity contribution >= 4 is 40.6 Å². The normalized spacial score (nSPS) is 11.5. The van der Waals surface area contributed by atoms with Gasteiger partial charge in [-0.1, -0.05) is 78.4 Å². The number of para-hydroxylation sites is 1. The highest BCUT2D eigenvalue weighted by Gasteiger charge is 2.07. The van der Waals surface area contributed by atoms with Gasteiger partial charge < -0.3 is 9.84 Å². The number of nitrogens with zero attached hydrogens (tertiary/aromatic N) is 1. The maximum Gasteiger partial charge on any atom is 0.328 e. The third-order valence-corrected chi connectivity index (χ3v) is 5.65. The van der Waals surface area contributed by atoms with Gasteiger partial charge in [-0.25, -0.2) is 9.78 Å². The van der Waals surface area contributed by atoms with Crippen molar-refractivity contribution < 1.29 is 14.6 Å². The van der Waals surface area contributed by atoms with E-state index in [0.717, 1.165) is 50.7 Å². The Balaban J connectivity index is 1.50. The molecule has 0 aliphatic heterocycles. The van der Waals surface area contributed by atoms with Gasteiger partial charge in [0.05, 0.1) is 11.2 Å². The second-order valence-electron chi connectivity index (χ2n) is 7.90. The molecular weight excluding hydrogens is 446 g/mol. The number of aromatic nitrogens is 1. The van der Waals surface area contributed by atoms with Gasteiger partial charge >= 0.3 is 5.97 Å². The van der Waals surface area contributed by atoms with Crippen LogP contribution in [0.15, 0.2) is 84.9 Å². The van der Waals surface area contributed by atoms with Crippen molar-refractivity contribution in [2.75, 3.05) is 0 Å². The van der Waals surface area contributed by atoms with E-state index in [1.165, 1.54) is 0 Å². The number of halogens is 1. The van der Waals surface area contributed by atoms with Crippen LogP contribution in [0.5, 0.6) is 5.75 Å². The highest BCUT2D eigenvalue weighted by Crippen LogP contribution is 2.26. The smallest absolute Gasteiger partial charge is 0.328 e. The van der Waals surface area contributed by atoms with Crippen LogP contribution < -0.4 is 4.74 Å². The molecule has 1 N–H and O–H groups in total. The van der Waals surface area contributed by atoms with E-state index < -0.39 is 5.97 Å². The van der Waals surface area contributed by atoms with E-state index in [-0.39, 0.29) is 0 Å². The van der Waals surface area contributed by atoms with Crippen molar-refractivity contribution in [1.82, 2.24) is 4.98 Å². The number of aliphatic carboxylic acids is 1. The van der Waals surface area contributed by atoms with Crippen LogP contribution in [0, 0.1) is 6.92 Å². The van der Waals surface area contributed by atoms with Gasteiger partial charge in [-0.3, -0.25) is 0 Å². The number of aryl methyl sites for hydroxylation is 1. The molecule has 0 unspecified atom stereocenters. The zero-order valence-electron chi connectivity index (χ0n) is 18.7. The van der Waals surface area contributed by atoms with E-state index in [2.05, 4.69) is 11.1 Å². The predicted molar refractivity (Wildman–Crippen MR) is 138 cm³/mol. The summed E-state index contributed by atoms with van der Waals surface area (Å²) in [7, 11) is 0. The Kier molecular flexibility index (Phi) is 7.41. The second-order valence-corrected chi connectivity index (χ2v) is 8.33. The lowest BCUT2D eigenvalue weighted by molar-refractivity contribution is -0.131. The van der Waals surface area contributed by atoms with Crippen molar-refractivity contribution in [2.24, 2.45) is 0 Å². The third kappa shape index (κ3) is 5.91. The average Bonchev–Trinajstić information content (AvgIpc) is 2.82. The van der Waals surface area contributed by atoms with Gasteiger partial charge in [-0.2, -0.15) is 0 Å². The highest BCUT2D eigenvalue weighted by molar-refractivity contribution is 6.31. The average molecular weight is 470 g/mol. The van der Waals surface area contributed by atoms with Crippen LogP contribution in [0.4, 0.5) is 0 Å². The van der Waals surface area contributed by atoms with Crippen molar-refractivity contribution in [2.45, 2.75) is 20.0 Å². The Labute approximate surface area is 203 Å². The number of carboxylic acids is 1. The Morgan fingerprint density at radius 1 is 1.00 bits per heavy atom. The standard InChI is InChI=1S/C29H24ClNO3/c1-20-6-4-10-24(11-5-9-21-7-2-3-8-22(21)14-17-28(32)33)29(20)34-19-26-16-13-23-12-15-25(30)18-27(23)31-26/h2-8,10-18H,9,19H2,1H3,(H,32,33). The van der Waals surface area contributed by atoms with Crippen molar-refractivity contribution in [3.05, 3.63) is 118 Å². The number of hydrogen-bond acceptors (Lipinski definition) is 3. The number of hydrogen-bond donors (Lipinski definition) is 1. The molecule has 3 aromatic carbocycles. The molecule has 0 atom stereocenters. The summed E-state index contributed by atoms with van der Waals surface area (Å²) in [6.45, 7) is 2.36. The lowest BCUT2D eigenvalue weighted by Gasteiger charge is -2.12. The summed E-state index contributed by atoms with van der Waals surface area (Å²) in [5.41, 5.74) is 5.61. The summed E-state index contributed by atoms with van der Waals surface area (Å²) in [6.07, 6.45) is 7.54. The summed E-state index contributed by atoms with van der Waals surface area (Å²) in [5.74, 6) is -0.151. The summed E-state index contributed by atoms with van der Waals surface area (Å²) in [5, 5.41) is 10.6. The van der Waals surface area contributed by atoms with E-state index in [0.29, 0.717) is 18.1 Å². The molecule has 0 aliphatic rings. The molecule has 4 nitrogen and oxygen atoms in total. The first-order chi connectivity index (χ1) is 16.5. The van der Waals surface area contributed by atoms with Gasteiger partial charge in [0, 0.05) is 22.0 Å². The van der Waals surface area contributed by atoms with Gasteiger partial charge in [0.1, 0.15) is 12.4 Å². The molecule has 0 saturated heterocycles. The molecule has 0 radical (unpaired) electrons. The van der Waals surface area contributed by atoms with Gasteiger partial charge in [0.15, 0.2) is 0 Å². The molecule has 0 amide bonds. The van der Waals surface area contributed by atoms with Crippen LogP contribution in [0.1, 0.15) is 27.9 Å². The minimum absolute atomic E-state index is 0.344. The molecule has 170 valence electrons. The molecule has 0 fully saturated rings. The van der Waals surface area contributed by atoms with Gasteiger partial charge in [0.25, 0.3) is 0 Å². The van der Waals surface area contributed by atoms with E-state index in [1.54, 1.807) is 6.08 Å². The van der Waals surface area contributed by atoms with E-state index in [4.69, 9.17) is 21.4 Å². The van der Waals surface area contributed by atoms with Crippen molar-refractivity contribution in [3.63, 3.8) is 0 Å². The maximum absolute atomic E-state index is 10.9. The van der Waals surface area contributed by atoms with Gasteiger partial charge in [0.2, 0.25) is 0 Å². The van der Waals surface area contributed by atoms with E-state index in [1.807, 2.05) is 85.8 Å². The van der Waals surface area contributed by atoms with Crippen LogP contribution in [-0.4, -0.2) is 16.1 Å². The molecule has 0 bridgehead atoms. The minimum Gasteiger partial charge on any atom is -0.486 e. The first-order valence-corrected chi connectivity index (χ1v) is 11.3. The molecule has 4 aromatic rings. The Morgan fingerprint density at radius 2 is 1.79 bits per heavy atom. The molecule has 0 aliphatic carbocycles. The fourth-order valence-corrected chi connectivity index (χ4v) is 3.89. The Bertz CT molecular complexity index is 1390. The number of allylic oxidation sites excluding steroid dienone is 1. The molecule has 5 heteroatoms. The monoisotopic (exact) mass is 469 g/mol. The van der Waals surface area contributed by atoms with Crippen LogP contribution in [0.3, 0.4) is 0 Å². The highest BCUT2D eigenvalue weighted by atomic mass is 35.5. The Morgan fingerprint density at radius 3 is 2.65 bits per heavy atom. The van der Waals surface area contributed by atoms with Crippen LogP contribution in [0.2, 0.25) is 5.02 Å². The molecule has 0 saturated carbocycles. The molecule has 4 rings (SSSR count). The van der Waals surface area contributed by atoms with Crippen LogP contribution >= 0.6 is 11.6 Å². The van der Waals surface area contributed by atoms with Crippen molar-refractivity contribution in [1.29, 1.82) is 0 Å². The fourth-order valence-electron chi connectivity index (χ4n) is 3.72. The molecular formula is C29H24ClNO3. The molecule has 1 aromatic heterocycles. The molecule has 1 heterocycles. The number of rotatable bonds is 8. The summed E-state index contributed by atoms with van der Waals surface area (Å²) >= 11 is 6.11. The molecule has 34 heavy (non-hydrogen) atoms. The predicted octanol–water partition coefficient (Wildman–Crippen LogP) is 7.13. The van der Waals surface area contributed by atoms with Crippen molar-refractivity contribution in [3.8, 4) is 5.75 Å². The number of fused-ring (bicyclic) bond motifs is 1. The van der Waals surface area contributed by atoms with Gasteiger partial charge in [-0.05, 0) is 54.3 Å². The fraction of sp³-hybridized carbons (Fsp3) is 0.103. The largest absolute Gasteiger partial charge is 0.486 e. The lowest BCUT2D eigenvalue weighted by atomic mass is 10.0. The summed E-state index contributed by atoms with van der Waals surface area (Å²) < 4.78 is 6.20. The Hall–Kier alpha value is -3.89. The second kappa shape index (κ2) is 10.8. The topological polar surface area (TPSA) is 59.4 Å². The number of ether oxygens (including phenoxy) is 1. The number of carboxylic acid groups (broad SMARTS) is 1. The summed E-state index contributed by atoms with van der Waals surface area (Å²) in [6, 6.07) is 23.4. The van der Waals surface area contributed by atoms with Gasteiger partial charge in [-0.15, -0.1) is 0 Å². The van der Waals surface area contributed by atoms with E-state index >= 15 is 0 Å². The maximum atomic E-state index is 10.9. The first-order valence-electron chi connectivity index (χ1n) is 10.9. The minimum atomic E-state index is -0.962. The zero-order valence-corrected chi connectivity index (χ0v) is 19.5. The summed E-state index contributed by atoms with van der Waals surface area (Å²) in [4.78, 5) is 15.5. The molecule has 0 spiro atoms. The number of pyridine rings is 1. The quantitative estimate of drug-likeness (QED) is 0.279. The SMILES string of the molecule is Cc1cccc(C=CCc2ccccc2C=CC(=O)O)c1OCc1ccc2ccc(Cl)cc2n1. The van der Waals surface area contributed by atoms with E-state index in [9.17, 15) is 4.79 Å².